The second-order valence-corrected chi connectivity index (χ2v) is 6.19. The Labute approximate surface area is 113 Å². The largest absolute Gasteiger partial charge is 0.317 e. The van der Waals surface area contributed by atoms with Gasteiger partial charge in [-0.3, -0.25) is 4.79 Å². The Morgan fingerprint density at radius 2 is 2.00 bits per heavy atom. The third-order valence-electron chi connectivity index (χ3n) is 2.93. The lowest BCUT2D eigenvalue weighted by Crippen LogP contribution is -2.20. The third kappa shape index (κ3) is 10.4. The van der Waals surface area contributed by atoms with Crippen LogP contribution >= 0.6 is 0 Å². The molecule has 0 aromatic carbocycles. The molecule has 0 aliphatic heterocycles. The first-order valence-corrected chi connectivity index (χ1v) is 7.07. The van der Waals surface area contributed by atoms with Crippen LogP contribution in [0.1, 0.15) is 59.8 Å². The zero-order chi connectivity index (χ0) is 14.0. The van der Waals surface area contributed by atoms with Gasteiger partial charge in [0.2, 0.25) is 0 Å². The maximum atomic E-state index is 11.6. The van der Waals surface area contributed by atoms with Gasteiger partial charge in [0.15, 0.2) is 0 Å². The number of terminal acetylenes is 1. The molecule has 0 heterocycles. The van der Waals surface area contributed by atoms with Crippen molar-refractivity contribution < 1.29 is 4.79 Å². The third-order valence-corrected chi connectivity index (χ3v) is 2.93. The fourth-order valence-electron chi connectivity index (χ4n) is 1.90. The highest BCUT2D eigenvalue weighted by Gasteiger charge is 2.15. The molecule has 0 saturated heterocycles. The smallest absolute Gasteiger partial charge is 0.133 e. The van der Waals surface area contributed by atoms with Crippen LogP contribution in [-0.4, -0.2) is 18.9 Å². The molecule has 0 aromatic heterocycles. The van der Waals surface area contributed by atoms with E-state index in [0.717, 1.165) is 32.4 Å². The molecule has 0 spiro atoms. The molecule has 0 saturated carbocycles. The molecule has 104 valence electrons. The van der Waals surface area contributed by atoms with Gasteiger partial charge in [-0.1, -0.05) is 27.7 Å². The van der Waals surface area contributed by atoms with Crippen molar-refractivity contribution in [1.82, 2.24) is 5.32 Å². The van der Waals surface area contributed by atoms with Gasteiger partial charge < -0.3 is 5.32 Å². The molecule has 18 heavy (non-hydrogen) atoms. The Hall–Kier alpha value is -0.810. The maximum Gasteiger partial charge on any atom is 0.133 e. The minimum atomic E-state index is 0.117. The summed E-state index contributed by atoms with van der Waals surface area (Å²) in [5.74, 6) is 3.56. The molecule has 0 rings (SSSR count). The van der Waals surface area contributed by atoms with Crippen molar-refractivity contribution in [3.63, 3.8) is 0 Å². The zero-order valence-corrected chi connectivity index (χ0v) is 12.5. The Morgan fingerprint density at radius 3 is 2.50 bits per heavy atom. The normalized spacial score (nSPS) is 13.1. The molecule has 0 aliphatic rings. The average molecular weight is 251 g/mol. The number of hydrogen-bond donors (Lipinski definition) is 1. The molecule has 1 atom stereocenters. The maximum absolute atomic E-state index is 11.6. The molecule has 0 fully saturated rings. The van der Waals surface area contributed by atoms with Gasteiger partial charge in [0, 0.05) is 18.8 Å². The van der Waals surface area contributed by atoms with E-state index in [1.54, 1.807) is 0 Å². The molecule has 1 N–H and O–H groups in total. The SMILES string of the molecule is C#CC(CC)CCNCCCC(=O)CC(C)(C)C. The van der Waals surface area contributed by atoms with Crippen LogP contribution in [0, 0.1) is 23.7 Å². The van der Waals surface area contributed by atoms with Gasteiger partial charge in [0.1, 0.15) is 5.78 Å². The van der Waals surface area contributed by atoms with Crippen molar-refractivity contribution in [1.29, 1.82) is 0 Å². The van der Waals surface area contributed by atoms with Crippen molar-refractivity contribution in [2.24, 2.45) is 11.3 Å². The molecular formula is C16H29NO. The first-order valence-electron chi connectivity index (χ1n) is 7.07. The highest BCUT2D eigenvalue weighted by Crippen LogP contribution is 2.19. The van der Waals surface area contributed by atoms with E-state index < -0.39 is 0 Å². The van der Waals surface area contributed by atoms with Gasteiger partial charge >= 0.3 is 0 Å². The van der Waals surface area contributed by atoms with E-state index in [2.05, 4.69) is 38.9 Å². The number of carbonyl (C=O) groups excluding carboxylic acids is 1. The molecule has 0 aliphatic carbocycles. The van der Waals surface area contributed by atoms with Crippen LogP contribution in [-0.2, 0) is 4.79 Å². The van der Waals surface area contributed by atoms with Crippen LogP contribution in [0.4, 0.5) is 0 Å². The predicted molar refractivity (Wildman–Crippen MR) is 78.4 cm³/mol. The van der Waals surface area contributed by atoms with Crippen molar-refractivity contribution in [3.05, 3.63) is 0 Å². The number of carbonyl (C=O) groups is 1. The van der Waals surface area contributed by atoms with E-state index in [4.69, 9.17) is 6.42 Å². The van der Waals surface area contributed by atoms with Gasteiger partial charge in [0.05, 0.1) is 0 Å². The lowest BCUT2D eigenvalue weighted by Gasteiger charge is -2.16. The Kier molecular flexibility index (Phi) is 8.75. The Morgan fingerprint density at radius 1 is 1.33 bits per heavy atom. The fraction of sp³-hybridized carbons (Fsp3) is 0.812. The molecule has 0 radical (unpaired) electrons. The van der Waals surface area contributed by atoms with E-state index >= 15 is 0 Å². The van der Waals surface area contributed by atoms with Crippen LogP contribution in [0.25, 0.3) is 0 Å². The highest BCUT2D eigenvalue weighted by atomic mass is 16.1. The number of nitrogens with one attached hydrogen (secondary N) is 1. The average Bonchev–Trinajstić information content (AvgIpc) is 2.26. The van der Waals surface area contributed by atoms with Crippen molar-refractivity contribution in [2.45, 2.75) is 59.8 Å². The second-order valence-electron chi connectivity index (χ2n) is 6.19. The number of hydrogen-bond acceptors (Lipinski definition) is 2. The number of Topliss-reactive ketones (excluding diaryl/α,β-unsaturated/α-hetero) is 1. The molecule has 1 unspecified atom stereocenters. The van der Waals surface area contributed by atoms with Gasteiger partial charge in [-0.2, -0.15) is 0 Å². The van der Waals surface area contributed by atoms with Gasteiger partial charge in [-0.15, -0.1) is 12.3 Å². The standard InChI is InChI=1S/C16H29NO/c1-6-14(7-2)10-12-17-11-8-9-15(18)13-16(3,4)5/h1,14,17H,7-13H2,2-5H3. The molecule has 0 aromatic rings. The van der Waals surface area contributed by atoms with Crippen LogP contribution in [0.3, 0.4) is 0 Å². The van der Waals surface area contributed by atoms with E-state index in [1.165, 1.54) is 0 Å². The number of rotatable bonds is 9. The lowest BCUT2D eigenvalue weighted by atomic mass is 9.89. The highest BCUT2D eigenvalue weighted by molar-refractivity contribution is 5.78. The lowest BCUT2D eigenvalue weighted by molar-refractivity contribution is -0.120. The van der Waals surface area contributed by atoms with E-state index in [0.29, 0.717) is 24.5 Å². The van der Waals surface area contributed by atoms with Crippen molar-refractivity contribution >= 4 is 5.78 Å². The van der Waals surface area contributed by atoms with E-state index in [1.807, 2.05) is 0 Å². The quantitative estimate of drug-likeness (QED) is 0.502. The zero-order valence-electron chi connectivity index (χ0n) is 12.5. The fourth-order valence-corrected chi connectivity index (χ4v) is 1.90. The van der Waals surface area contributed by atoms with Gasteiger partial charge in [-0.05, 0) is 37.8 Å². The summed E-state index contributed by atoms with van der Waals surface area (Å²) in [5, 5.41) is 3.35. The first-order chi connectivity index (χ1) is 8.39. The summed E-state index contributed by atoms with van der Waals surface area (Å²) >= 11 is 0. The van der Waals surface area contributed by atoms with Crippen LogP contribution in [0.5, 0.6) is 0 Å². The second kappa shape index (κ2) is 9.16. The first kappa shape index (κ1) is 17.2. The summed E-state index contributed by atoms with van der Waals surface area (Å²) in [5.41, 5.74) is 0.117. The molecular weight excluding hydrogens is 222 g/mol. The van der Waals surface area contributed by atoms with Crippen LogP contribution in [0.2, 0.25) is 0 Å². The van der Waals surface area contributed by atoms with Gasteiger partial charge in [0.25, 0.3) is 0 Å². The topological polar surface area (TPSA) is 29.1 Å². The summed E-state index contributed by atoms with van der Waals surface area (Å²) in [6.07, 6.45) is 9.78. The molecule has 2 nitrogen and oxygen atoms in total. The van der Waals surface area contributed by atoms with Crippen molar-refractivity contribution in [2.75, 3.05) is 13.1 Å². The summed E-state index contributed by atoms with van der Waals surface area (Å²) in [6, 6.07) is 0. The Bertz CT molecular complexity index is 270. The minimum Gasteiger partial charge on any atom is -0.317 e. The number of ketones is 1. The van der Waals surface area contributed by atoms with Crippen LogP contribution in [0.15, 0.2) is 0 Å². The summed E-state index contributed by atoms with van der Waals surface area (Å²) in [6.45, 7) is 10.3. The predicted octanol–water partition coefficient (Wildman–Crippen LogP) is 3.41. The van der Waals surface area contributed by atoms with Gasteiger partial charge in [-0.25, -0.2) is 0 Å². The van der Waals surface area contributed by atoms with E-state index in [9.17, 15) is 4.79 Å². The van der Waals surface area contributed by atoms with Crippen LogP contribution < -0.4 is 5.32 Å². The summed E-state index contributed by atoms with van der Waals surface area (Å²) in [7, 11) is 0. The van der Waals surface area contributed by atoms with Crippen molar-refractivity contribution in [3.8, 4) is 12.3 Å². The Balaban J connectivity index is 3.47. The minimum absolute atomic E-state index is 0.117. The molecule has 0 amide bonds. The monoisotopic (exact) mass is 251 g/mol. The summed E-state index contributed by atoms with van der Waals surface area (Å²) in [4.78, 5) is 11.6. The summed E-state index contributed by atoms with van der Waals surface area (Å²) < 4.78 is 0. The molecule has 0 bridgehead atoms. The van der Waals surface area contributed by atoms with E-state index in [-0.39, 0.29) is 5.41 Å². The molecule has 2 heteroatoms.